The van der Waals surface area contributed by atoms with Crippen molar-refractivity contribution in [3.8, 4) is 62.2 Å². The van der Waals surface area contributed by atoms with Crippen LogP contribution in [0.2, 0.25) is 0 Å². The number of aromatic nitrogens is 2. The highest BCUT2D eigenvalue weighted by atomic mass is 14.9. The van der Waals surface area contributed by atoms with Crippen molar-refractivity contribution >= 4 is 0 Å². The van der Waals surface area contributed by atoms with E-state index in [9.17, 15) is 5.26 Å². The molecule has 10 rings (SSSR count). The minimum Gasteiger partial charge on any atom is -0.228 e. The first kappa shape index (κ1) is 31.8. The zero-order valence-corrected chi connectivity index (χ0v) is 30.1. The second-order valence-corrected chi connectivity index (χ2v) is 14.9. The van der Waals surface area contributed by atoms with Gasteiger partial charge in [-0.05, 0) is 79.9 Å². The summed E-state index contributed by atoms with van der Waals surface area (Å²) in [7, 11) is 0. The molecule has 0 unspecified atom stereocenters. The Morgan fingerprint density at radius 1 is 0.407 bits per heavy atom. The van der Waals surface area contributed by atoms with Crippen molar-refractivity contribution in [2.45, 2.75) is 24.7 Å². The first-order valence-electron chi connectivity index (χ1n) is 18.5. The first-order chi connectivity index (χ1) is 26.5. The summed E-state index contributed by atoms with van der Waals surface area (Å²) in [5.74, 6) is 0.640. The molecule has 0 aliphatic heterocycles. The lowest BCUT2D eigenvalue weighted by Crippen LogP contribution is -2.40. The van der Waals surface area contributed by atoms with Gasteiger partial charge in [0.05, 0.1) is 28.4 Å². The number of benzene rings is 7. The summed E-state index contributed by atoms with van der Waals surface area (Å²) in [6.07, 6.45) is 0. The van der Waals surface area contributed by atoms with Crippen LogP contribution in [0.5, 0.6) is 0 Å². The summed E-state index contributed by atoms with van der Waals surface area (Å²) < 4.78 is 0. The van der Waals surface area contributed by atoms with Crippen LogP contribution in [0.3, 0.4) is 0 Å². The van der Waals surface area contributed by atoms with Crippen molar-refractivity contribution in [3.63, 3.8) is 0 Å². The largest absolute Gasteiger partial charge is 0.228 e. The average molecular weight is 690 g/mol. The first-order valence-corrected chi connectivity index (χ1v) is 18.5. The van der Waals surface area contributed by atoms with Crippen LogP contribution in [-0.2, 0) is 10.8 Å². The Hall–Kier alpha value is -6.89. The van der Waals surface area contributed by atoms with Gasteiger partial charge in [-0.3, -0.25) is 0 Å². The normalized spacial score (nSPS) is 14.0. The van der Waals surface area contributed by atoms with Crippen molar-refractivity contribution < 1.29 is 0 Å². The van der Waals surface area contributed by atoms with Crippen LogP contribution in [0, 0.1) is 11.3 Å². The van der Waals surface area contributed by atoms with Crippen molar-refractivity contribution in [2.24, 2.45) is 0 Å². The quantitative estimate of drug-likeness (QED) is 0.185. The van der Waals surface area contributed by atoms with Gasteiger partial charge in [0.2, 0.25) is 0 Å². The monoisotopic (exact) mass is 689 g/mol. The predicted octanol–water partition coefficient (Wildman–Crippen LogP) is 12.0. The van der Waals surface area contributed by atoms with Gasteiger partial charge in [-0.1, -0.05) is 166 Å². The number of rotatable bonds is 4. The fourth-order valence-corrected chi connectivity index (χ4v) is 9.08. The van der Waals surface area contributed by atoms with E-state index in [1.165, 1.54) is 50.1 Å². The van der Waals surface area contributed by atoms with Crippen molar-refractivity contribution in [3.05, 3.63) is 215 Å². The van der Waals surface area contributed by atoms with E-state index in [1.807, 2.05) is 48.5 Å². The van der Waals surface area contributed by atoms with Gasteiger partial charge in [0.1, 0.15) is 0 Å². The van der Waals surface area contributed by atoms with Gasteiger partial charge in [0.25, 0.3) is 0 Å². The van der Waals surface area contributed by atoms with Crippen molar-refractivity contribution in [1.82, 2.24) is 9.97 Å². The zero-order chi connectivity index (χ0) is 36.4. The molecule has 0 amide bonds. The Morgan fingerprint density at radius 2 is 0.944 bits per heavy atom. The summed E-state index contributed by atoms with van der Waals surface area (Å²) in [5.41, 5.74) is 17.5. The molecule has 3 nitrogen and oxygen atoms in total. The van der Waals surface area contributed by atoms with Crippen molar-refractivity contribution in [2.75, 3.05) is 0 Å². The zero-order valence-electron chi connectivity index (χ0n) is 30.1. The van der Waals surface area contributed by atoms with E-state index >= 15 is 0 Å². The Kier molecular flexibility index (Phi) is 7.12. The highest BCUT2D eigenvalue weighted by molar-refractivity contribution is 5.90. The van der Waals surface area contributed by atoms with Crippen LogP contribution in [-0.4, -0.2) is 9.97 Å². The maximum atomic E-state index is 9.59. The highest BCUT2D eigenvalue weighted by Crippen LogP contribution is 2.62. The second kappa shape index (κ2) is 12.1. The molecular formula is C51H35N3. The number of nitrogens with zero attached hydrogens (tertiary/aromatic N) is 3. The summed E-state index contributed by atoms with van der Waals surface area (Å²) in [5, 5.41) is 9.59. The second-order valence-electron chi connectivity index (χ2n) is 14.9. The fraction of sp³-hybridized carbons (Fsp3) is 0.0784. The molecule has 0 saturated heterocycles. The molecule has 3 heteroatoms. The molecule has 7 aromatic carbocycles. The smallest absolute Gasteiger partial charge is 0.160 e. The minimum absolute atomic E-state index is 0.137. The van der Waals surface area contributed by atoms with Gasteiger partial charge >= 0.3 is 0 Å². The van der Waals surface area contributed by atoms with Gasteiger partial charge in [-0.15, -0.1) is 0 Å². The molecule has 1 aromatic heterocycles. The maximum absolute atomic E-state index is 9.59. The van der Waals surface area contributed by atoms with E-state index in [4.69, 9.17) is 9.97 Å². The molecule has 0 radical (unpaired) electrons. The van der Waals surface area contributed by atoms with E-state index in [1.54, 1.807) is 0 Å². The Labute approximate surface area is 315 Å². The van der Waals surface area contributed by atoms with Gasteiger partial charge < -0.3 is 0 Å². The molecule has 254 valence electrons. The van der Waals surface area contributed by atoms with Crippen LogP contribution in [0.25, 0.3) is 56.2 Å². The summed E-state index contributed by atoms with van der Waals surface area (Å²) in [6.45, 7) is 4.73. The number of hydrogen-bond acceptors (Lipinski definition) is 3. The van der Waals surface area contributed by atoms with E-state index in [0.29, 0.717) is 11.4 Å². The van der Waals surface area contributed by atoms with E-state index < -0.39 is 5.41 Å². The third-order valence-electron chi connectivity index (χ3n) is 11.6. The number of hydrogen-bond donors (Lipinski definition) is 0. The molecule has 54 heavy (non-hydrogen) atoms. The topological polar surface area (TPSA) is 49.6 Å². The molecular weight excluding hydrogens is 655 g/mol. The molecule has 1 heterocycles. The fourth-order valence-electron chi connectivity index (χ4n) is 9.08. The van der Waals surface area contributed by atoms with E-state index in [-0.39, 0.29) is 5.41 Å². The number of fused-ring (bicyclic) bond motifs is 9. The Balaban J connectivity index is 1.12. The third-order valence-corrected chi connectivity index (χ3v) is 11.6. The van der Waals surface area contributed by atoms with Crippen LogP contribution >= 0.6 is 0 Å². The van der Waals surface area contributed by atoms with Crippen molar-refractivity contribution in [1.29, 1.82) is 5.26 Å². The molecule has 0 N–H and O–H groups in total. The lowest BCUT2D eigenvalue weighted by molar-refractivity contribution is 0.563. The van der Waals surface area contributed by atoms with Crippen LogP contribution in [0.4, 0.5) is 0 Å². The predicted molar refractivity (Wildman–Crippen MR) is 218 cm³/mol. The summed E-state index contributed by atoms with van der Waals surface area (Å²) >= 11 is 0. The Bertz CT molecular complexity index is 2760. The van der Waals surface area contributed by atoms with Crippen LogP contribution in [0.15, 0.2) is 176 Å². The van der Waals surface area contributed by atoms with Crippen LogP contribution in [0.1, 0.15) is 52.8 Å². The molecule has 8 aromatic rings. The van der Waals surface area contributed by atoms with E-state index in [2.05, 4.69) is 147 Å². The SMILES string of the molecule is CC1(C)c2ccccc2C2(c3ccccc3-c3ccc(-c4ccc(-c5nc(-c6ccccc6)cc(-c6cccc(C#N)c6)n5)cc4)cc32)c2ccccc21. The molecule has 0 fully saturated rings. The van der Waals surface area contributed by atoms with Gasteiger partial charge in [0.15, 0.2) is 5.82 Å². The molecule has 2 aliphatic rings. The average Bonchev–Trinajstić information content (AvgIpc) is 3.53. The maximum Gasteiger partial charge on any atom is 0.160 e. The molecule has 0 atom stereocenters. The van der Waals surface area contributed by atoms with E-state index in [0.717, 1.165) is 33.6 Å². The minimum atomic E-state index is -0.435. The van der Waals surface area contributed by atoms with Gasteiger partial charge in [0, 0.05) is 22.1 Å². The Morgan fingerprint density at radius 3 is 1.63 bits per heavy atom. The van der Waals surface area contributed by atoms with Gasteiger partial charge in [-0.25, -0.2) is 9.97 Å². The standard InChI is InChI=1S/C51H35N3/c1-50(2)42-19-8-10-21-44(42)51(45-22-11-9-20-43(45)50)41-18-7-6-17-39(41)40-28-27-37(30-46(40)51)34-23-25-36(26-24-34)49-53-47(35-14-4-3-5-15-35)31-48(54-49)38-16-12-13-33(29-38)32-52/h3-31H,1-2H3. The lowest BCUT2D eigenvalue weighted by Gasteiger charge is -2.46. The summed E-state index contributed by atoms with van der Waals surface area (Å²) in [4.78, 5) is 10.1. The highest BCUT2D eigenvalue weighted by Gasteiger charge is 2.53. The molecule has 0 bridgehead atoms. The third kappa shape index (κ3) is 4.67. The van der Waals surface area contributed by atoms with Gasteiger partial charge in [-0.2, -0.15) is 5.26 Å². The summed E-state index contributed by atoms with van der Waals surface area (Å²) in [6, 6.07) is 64.8. The lowest BCUT2D eigenvalue weighted by atomic mass is 9.55. The molecule has 0 saturated carbocycles. The van der Waals surface area contributed by atoms with Crippen LogP contribution < -0.4 is 0 Å². The number of nitriles is 1. The molecule has 2 aliphatic carbocycles. The molecule has 1 spiro atoms.